The van der Waals surface area contributed by atoms with E-state index in [1.165, 1.54) is 10.5 Å². The summed E-state index contributed by atoms with van der Waals surface area (Å²) in [7, 11) is 0. The van der Waals surface area contributed by atoms with E-state index in [4.69, 9.17) is 4.52 Å². The van der Waals surface area contributed by atoms with Gasteiger partial charge < -0.3 is 4.52 Å². The van der Waals surface area contributed by atoms with E-state index in [9.17, 15) is 0 Å². The first-order valence-electron chi connectivity index (χ1n) is 6.13. The number of nitrogens with zero attached hydrogens (tertiary/aromatic N) is 2. The van der Waals surface area contributed by atoms with Crippen molar-refractivity contribution in [1.82, 2.24) is 10.1 Å². The number of hydrogen-bond donors (Lipinski definition) is 0. The van der Waals surface area contributed by atoms with Crippen LogP contribution in [-0.2, 0) is 0 Å². The molecule has 1 aromatic carbocycles. The number of thioether (sulfide) groups is 1. The average molecular weight is 262 g/mol. The fraction of sp³-hybridized carbons (Fsp3) is 0.429. The van der Waals surface area contributed by atoms with Crippen molar-refractivity contribution in [2.75, 3.05) is 0 Å². The minimum Gasteiger partial charge on any atom is -0.338 e. The van der Waals surface area contributed by atoms with E-state index in [0.29, 0.717) is 17.6 Å². The zero-order chi connectivity index (χ0) is 13.1. The second kappa shape index (κ2) is 5.57. The van der Waals surface area contributed by atoms with Gasteiger partial charge in [0.15, 0.2) is 5.82 Å². The third kappa shape index (κ3) is 3.13. The summed E-state index contributed by atoms with van der Waals surface area (Å²) in [6.45, 7) is 8.31. The Kier molecular flexibility index (Phi) is 4.07. The van der Waals surface area contributed by atoms with Gasteiger partial charge in [0.2, 0.25) is 5.89 Å². The normalized spacial score (nSPS) is 12.9. The topological polar surface area (TPSA) is 38.9 Å². The zero-order valence-electron chi connectivity index (χ0n) is 11.2. The van der Waals surface area contributed by atoms with E-state index < -0.39 is 0 Å². The van der Waals surface area contributed by atoms with Crippen LogP contribution in [0.25, 0.3) is 0 Å². The highest BCUT2D eigenvalue weighted by molar-refractivity contribution is 7.99. The van der Waals surface area contributed by atoms with Crippen molar-refractivity contribution in [3.05, 3.63) is 41.5 Å². The lowest BCUT2D eigenvalue weighted by atomic mass is 10.0. The second-order valence-electron chi connectivity index (χ2n) is 4.66. The first-order valence-corrected chi connectivity index (χ1v) is 7.01. The molecule has 1 aromatic heterocycles. The molecule has 2 aromatic rings. The van der Waals surface area contributed by atoms with Crippen LogP contribution in [0.1, 0.15) is 49.2 Å². The standard InChI is InChI=1S/C14H18N2OS/c1-9(2)12-5-7-13(8-6-12)18-10(3)14-15-11(4)16-17-14/h5-10H,1-4H3. The highest BCUT2D eigenvalue weighted by Gasteiger charge is 2.14. The van der Waals surface area contributed by atoms with Gasteiger partial charge in [-0.25, -0.2) is 0 Å². The van der Waals surface area contributed by atoms with Crippen molar-refractivity contribution >= 4 is 11.8 Å². The Morgan fingerprint density at radius 2 is 1.78 bits per heavy atom. The first kappa shape index (κ1) is 13.1. The molecular formula is C14H18N2OS. The molecule has 2 rings (SSSR count). The van der Waals surface area contributed by atoms with Crippen LogP contribution in [-0.4, -0.2) is 10.1 Å². The molecule has 0 bridgehead atoms. The number of benzene rings is 1. The van der Waals surface area contributed by atoms with E-state index in [1.807, 2.05) is 6.92 Å². The molecule has 1 unspecified atom stereocenters. The molecule has 0 aliphatic carbocycles. The summed E-state index contributed by atoms with van der Waals surface area (Å²) in [5, 5.41) is 3.99. The SMILES string of the molecule is Cc1noc(C(C)Sc2ccc(C(C)C)cc2)n1. The Balaban J connectivity index is 2.05. The minimum atomic E-state index is 0.177. The highest BCUT2D eigenvalue weighted by Crippen LogP contribution is 2.34. The minimum absolute atomic E-state index is 0.177. The molecule has 3 nitrogen and oxygen atoms in total. The molecular weight excluding hydrogens is 244 g/mol. The quantitative estimate of drug-likeness (QED) is 0.768. The Morgan fingerprint density at radius 3 is 2.28 bits per heavy atom. The monoisotopic (exact) mass is 262 g/mol. The van der Waals surface area contributed by atoms with Crippen LogP contribution in [0.4, 0.5) is 0 Å². The Bertz CT molecular complexity index is 505. The number of rotatable bonds is 4. The molecule has 0 aliphatic rings. The Hall–Kier alpha value is -1.29. The van der Waals surface area contributed by atoms with Crippen LogP contribution in [0.3, 0.4) is 0 Å². The maximum absolute atomic E-state index is 5.18. The highest BCUT2D eigenvalue weighted by atomic mass is 32.2. The Morgan fingerprint density at radius 1 is 1.11 bits per heavy atom. The summed E-state index contributed by atoms with van der Waals surface area (Å²) in [6.07, 6.45) is 0. The molecule has 18 heavy (non-hydrogen) atoms. The van der Waals surface area contributed by atoms with Gasteiger partial charge in [-0.15, -0.1) is 11.8 Å². The van der Waals surface area contributed by atoms with Crippen LogP contribution in [0.15, 0.2) is 33.7 Å². The summed E-state index contributed by atoms with van der Waals surface area (Å²) in [5.41, 5.74) is 1.36. The molecule has 0 amide bonds. The third-order valence-corrected chi connectivity index (χ3v) is 3.85. The molecule has 1 atom stereocenters. The van der Waals surface area contributed by atoms with E-state index in [-0.39, 0.29) is 5.25 Å². The fourth-order valence-corrected chi connectivity index (χ4v) is 2.56. The van der Waals surface area contributed by atoms with Gasteiger partial charge in [-0.05, 0) is 37.5 Å². The van der Waals surface area contributed by atoms with Crippen molar-refractivity contribution in [1.29, 1.82) is 0 Å². The lowest BCUT2D eigenvalue weighted by molar-refractivity contribution is 0.376. The van der Waals surface area contributed by atoms with Crippen LogP contribution in [0, 0.1) is 6.92 Å². The van der Waals surface area contributed by atoms with Gasteiger partial charge in [-0.1, -0.05) is 31.1 Å². The van der Waals surface area contributed by atoms with Crippen molar-refractivity contribution in [3.8, 4) is 0 Å². The van der Waals surface area contributed by atoms with Crippen molar-refractivity contribution in [3.63, 3.8) is 0 Å². The van der Waals surface area contributed by atoms with E-state index in [2.05, 4.69) is 55.2 Å². The molecule has 0 N–H and O–H groups in total. The summed E-state index contributed by atoms with van der Waals surface area (Å²) in [5.74, 6) is 1.94. The molecule has 0 fully saturated rings. The van der Waals surface area contributed by atoms with E-state index in [0.717, 1.165) is 0 Å². The lowest BCUT2D eigenvalue weighted by Gasteiger charge is -2.09. The summed E-state index contributed by atoms with van der Waals surface area (Å²) in [4.78, 5) is 5.48. The van der Waals surface area contributed by atoms with Gasteiger partial charge in [0.05, 0.1) is 5.25 Å². The van der Waals surface area contributed by atoms with Crippen LogP contribution < -0.4 is 0 Å². The number of hydrogen-bond acceptors (Lipinski definition) is 4. The number of aryl methyl sites for hydroxylation is 1. The average Bonchev–Trinajstić information content (AvgIpc) is 2.76. The van der Waals surface area contributed by atoms with Gasteiger partial charge in [0, 0.05) is 4.90 Å². The van der Waals surface area contributed by atoms with Gasteiger partial charge in [0.1, 0.15) is 0 Å². The Labute approximate surface area is 112 Å². The van der Waals surface area contributed by atoms with Gasteiger partial charge in [-0.3, -0.25) is 0 Å². The maximum Gasteiger partial charge on any atom is 0.239 e. The molecule has 0 saturated carbocycles. The molecule has 0 spiro atoms. The van der Waals surface area contributed by atoms with Crippen LogP contribution in [0.5, 0.6) is 0 Å². The second-order valence-corrected chi connectivity index (χ2v) is 6.08. The molecule has 0 saturated heterocycles. The molecule has 0 aliphatic heterocycles. The predicted molar refractivity (Wildman–Crippen MR) is 73.8 cm³/mol. The van der Waals surface area contributed by atoms with Gasteiger partial charge in [0.25, 0.3) is 0 Å². The molecule has 96 valence electrons. The summed E-state index contributed by atoms with van der Waals surface area (Å²) < 4.78 is 5.18. The van der Waals surface area contributed by atoms with Crippen LogP contribution in [0.2, 0.25) is 0 Å². The zero-order valence-corrected chi connectivity index (χ0v) is 12.0. The van der Waals surface area contributed by atoms with Crippen LogP contribution >= 0.6 is 11.8 Å². The predicted octanol–water partition coefficient (Wildman–Crippen LogP) is 4.35. The molecule has 4 heteroatoms. The summed E-state index contributed by atoms with van der Waals surface area (Å²) >= 11 is 1.73. The lowest BCUT2D eigenvalue weighted by Crippen LogP contribution is -1.90. The maximum atomic E-state index is 5.18. The van der Waals surface area contributed by atoms with E-state index >= 15 is 0 Å². The molecule has 0 radical (unpaired) electrons. The van der Waals surface area contributed by atoms with Crippen molar-refractivity contribution < 1.29 is 4.52 Å². The number of aromatic nitrogens is 2. The first-order chi connectivity index (χ1) is 8.56. The third-order valence-electron chi connectivity index (χ3n) is 2.75. The van der Waals surface area contributed by atoms with Gasteiger partial charge in [-0.2, -0.15) is 4.98 Å². The van der Waals surface area contributed by atoms with Crippen molar-refractivity contribution in [2.45, 2.75) is 43.8 Å². The fourth-order valence-electron chi connectivity index (χ4n) is 1.66. The largest absolute Gasteiger partial charge is 0.338 e. The smallest absolute Gasteiger partial charge is 0.239 e. The van der Waals surface area contributed by atoms with Gasteiger partial charge >= 0.3 is 0 Å². The van der Waals surface area contributed by atoms with E-state index in [1.54, 1.807) is 11.8 Å². The summed E-state index contributed by atoms with van der Waals surface area (Å²) in [6, 6.07) is 8.66. The molecule has 1 heterocycles. The van der Waals surface area contributed by atoms with Crippen molar-refractivity contribution in [2.24, 2.45) is 0 Å².